The maximum Gasteiger partial charge on any atom is 0.293 e. The number of nitrogens with zero attached hydrogens (tertiary/aromatic N) is 4. The van der Waals surface area contributed by atoms with Crippen molar-refractivity contribution in [3.8, 4) is 11.3 Å². The van der Waals surface area contributed by atoms with Gasteiger partial charge in [0.2, 0.25) is 5.91 Å². The number of hydrogen-bond acceptors (Lipinski definition) is 4. The van der Waals surface area contributed by atoms with Gasteiger partial charge in [0.05, 0.1) is 5.69 Å². The summed E-state index contributed by atoms with van der Waals surface area (Å²) >= 11 is 0. The molecule has 2 aromatic heterocycles. The Hall–Kier alpha value is -3.81. The molecule has 1 N–H and O–H groups in total. The van der Waals surface area contributed by atoms with Gasteiger partial charge in [0.1, 0.15) is 24.2 Å². The van der Waals surface area contributed by atoms with Gasteiger partial charge < -0.3 is 5.32 Å². The smallest absolute Gasteiger partial charge is 0.293 e. The quantitative estimate of drug-likeness (QED) is 0.554. The molecule has 0 aliphatic rings. The van der Waals surface area contributed by atoms with E-state index in [1.54, 1.807) is 18.2 Å². The Morgan fingerprint density at radius 3 is 2.63 bits per heavy atom. The minimum Gasteiger partial charge on any atom is -0.350 e. The molecule has 152 valence electrons. The zero-order valence-corrected chi connectivity index (χ0v) is 16.6. The first-order valence-electron chi connectivity index (χ1n) is 9.45. The molecule has 0 atom stereocenters. The summed E-state index contributed by atoms with van der Waals surface area (Å²) < 4.78 is 15.5. The van der Waals surface area contributed by atoms with Crippen molar-refractivity contribution in [1.29, 1.82) is 0 Å². The topological polar surface area (TPSA) is 81.3 Å². The summed E-state index contributed by atoms with van der Waals surface area (Å²) in [5.74, 6) is -0.706. The average molecular weight is 405 g/mol. The van der Waals surface area contributed by atoms with Gasteiger partial charge >= 0.3 is 0 Å². The van der Waals surface area contributed by atoms with Gasteiger partial charge in [-0.1, -0.05) is 29.8 Å². The van der Waals surface area contributed by atoms with Crippen LogP contribution in [0.1, 0.15) is 16.7 Å². The Balaban J connectivity index is 1.54. The van der Waals surface area contributed by atoms with Gasteiger partial charge in [-0.3, -0.25) is 9.59 Å². The zero-order valence-electron chi connectivity index (χ0n) is 16.6. The van der Waals surface area contributed by atoms with Crippen molar-refractivity contribution in [2.75, 3.05) is 0 Å². The van der Waals surface area contributed by atoms with Crippen LogP contribution >= 0.6 is 0 Å². The molecule has 7 nitrogen and oxygen atoms in total. The number of fused-ring (bicyclic) bond motifs is 1. The van der Waals surface area contributed by atoms with Gasteiger partial charge in [0, 0.05) is 12.1 Å². The van der Waals surface area contributed by atoms with Crippen molar-refractivity contribution in [3.05, 3.63) is 87.7 Å². The monoisotopic (exact) mass is 405 g/mol. The van der Waals surface area contributed by atoms with Crippen molar-refractivity contribution in [3.63, 3.8) is 0 Å². The summed E-state index contributed by atoms with van der Waals surface area (Å²) in [6.07, 6.45) is 1.42. The predicted octanol–water partition coefficient (Wildman–Crippen LogP) is 2.63. The van der Waals surface area contributed by atoms with E-state index in [0.717, 1.165) is 26.9 Å². The first-order valence-corrected chi connectivity index (χ1v) is 9.45. The highest BCUT2D eigenvalue weighted by Crippen LogP contribution is 2.23. The number of nitrogens with one attached hydrogen (secondary N) is 1. The molecule has 0 bridgehead atoms. The number of carbonyl (C=O) groups is 1. The molecule has 1 amide bonds. The lowest BCUT2D eigenvalue weighted by atomic mass is 10.0. The van der Waals surface area contributed by atoms with Crippen LogP contribution < -0.4 is 10.9 Å². The zero-order chi connectivity index (χ0) is 21.3. The highest BCUT2D eigenvalue weighted by Gasteiger charge is 2.13. The first kappa shape index (κ1) is 19.5. The summed E-state index contributed by atoms with van der Waals surface area (Å²) in [6, 6.07) is 13.6. The molecule has 0 spiro atoms. The van der Waals surface area contributed by atoms with Gasteiger partial charge in [0.15, 0.2) is 0 Å². The van der Waals surface area contributed by atoms with E-state index in [2.05, 4.69) is 15.5 Å². The van der Waals surface area contributed by atoms with Crippen LogP contribution in [0, 0.1) is 19.7 Å². The fourth-order valence-corrected chi connectivity index (χ4v) is 3.19. The second-order valence-electron chi connectivity index (χ2n) is 7.17. The lowest BCUT2D eigenvalue weighted by molar-refractivity contribution is -0.122. The third kappa shape index (κ3) is 3.98. The van der Waals surface area contributed by atoms with Gasteiger partial charge in [-0.05, 0) is 49.2 Å². The number of aromatic nitrogens is 4. The molecule has 0 saturated carbocycles. The summed E-state index contributed by atoms with van der Waals surface area (Å²) in [6.45, 7) is 4.00. The van der Waals surface area contributed by atoms with E-state index in [0.29, 0.717) is 11.2 Å². The molecule has 0 radical (unpaired) electrons. The average Bonchev–Trinajstić information content (AvgIpc) is 3.16. The standard InChI is InChI=1S/C22H20FN5O2/c1-14-3-4-15(2)18(9-14)19-10-20-22(30)27(25-13-28(20)26-19)12-21(29)24-11-16-5-7-17(23)8-6-16/h3-10,13H,11-12H2,1-2H3,(H,24,29). The van der Waals surface area contributed by atoms with E-state index in [4.69, 9.17) is 0 Å². The van der Waals surface area contributed by atoms with Gasteiger partial charge in [-0.15, -0.1) is 0 Å². The van der Waals surface area contributed by atoms with Crippen molar-refractivity contribution in [2.24, 2.45) is 0 Å². The van der Waals surface area contributed by atoms with Gasteiger partial charge in [-0.2, -0.15) is 10.2 Å². The van der Waals surface area contributed by atoms with Crippen molar-refractivity contribution >= 4 is 11.4 Å². The summed E-state index contributed by atoms with van der Waals surface area (Å²) in [5, 5.41) is 11.2. The molecule has 4 aromatic rings. The Bertz CT molecular complexity index is 1290. The maximum atomic E-state index is 13.0. The van der Waals surface area contributed by atoms with E-state index < -0.39 is 5.56 Å². The predicted molar refractivity (Wildman–Crippen MR) is 110 cm³/mol. The minimum absolute atomic E-state index is 0.222. The molecule has 0 fully saturated rings. The van der Waals surface area contributed by atoms with Crippen LogP contribution in [0.15, 0.2) is 59.7 Å². The number of halogens is 1. The number of rotatable bonds is 5. The molecule has 4 rings (SSSR count). The SMILES string of the molecule is Cc1ccc(C)c(-c2cc3c(=O)n(CC(=O)NCc4ccc(F)cc4)ncn3n2)c1. The van der Waals surface area contributed by atoms with Gasteiger partial charge in [0.25, 0.3) is 5.56 Å². The normalized spacial score (nSPS) is 11.0. The van der Waals surface area contributed by atoms with E-state index in [1.807, 2.05) is 32.0 Å². The van der Waals surface area contributed by atoms with Crippen LogP contribution in [0.4, 0.5) is 4.39 Å². The van der Waals surface area contributed by atoms with Crippen LogP contribution in [0.2, 0.25) is 0 Å². The lowest BCUT2D eigenvalue weighted by Crippen LogP contribution is -2.34. The van der Waals surface area contributed by atoms with Crippen LogP contribution in [0.3, 0.4) is 0 Å². The molecule has 2 aromatic carbocycles. The Kier molecular flexibility index (Phi) is 5.14. The van der Waals surface area contributed by atoms with Crippen molar-refractivity contribution in [2.45, 2.75) is 26.9 Å². The molecule has 0 aliphatic carbocycles. The summed E-state index contributed by atoms with van der Waals surface area (Å²) in [4.78, 5) is 25.0. The number of carbonyl (C=O) groups excluding carboxylic acids is 1. The molecular weight excluding hydrogens is 385 g/mol. The molecule has 0 saturated heterocycles. The van der Waals surface area contributed by atoms with E-state index in [1.165, 1.54) is 23.0 Å². The molecule has 30 heavy (non-hydrogen) atoms. The Morgan fingerprint density at radius 1 is 1.10 bits per heavy atom. The maximum absolute atomic E-state index is 13.0. The van der Waals surface area contributed by atoms with Gasteiger partial charge in [-0.25, -0.2) is 13.6 Å². The molecule has 0 aliphatic heterocycles. The molecule has 2 heterocycles. The number of amides is 1. The fourth-order valence-electron chi connectivity index (χ4n) is 3.19. The van der Waals surface area contributed by atoms with Crippen LogP contribution in [-0.4, -0.2) is 25.3 Å². The number of aryl methyl sites for hydroxylation is 2. The van der Waals surface area contributed by atoms with Crippen LogP contribution in [0.25, 0.3) is 16.8 Å². The first-order chi connectivity index (χ1) is 14.4. The van der Waals surface area contributed by atoms with Crippen LogP contribution in [-0.2, 0) is 17.9 Å². The number of benzene rings is 2. The molecule has 0 unspecified atom stereocenters. The highest BCUT2D eigenvalue weighted by atomic mass is 19.1. The highest BCUT2D eigenvalue weighted by molar-refractivity contribution is 5.75. The van der Waals surface area contributed by atoms with E-state index >= 15 is 0 Å². The van der Waals surface area contributed by atoms with Crippen molar-refractivity contribution in [1.82, 2.24) is 24.7 Å². The molecular formula is C22H20FN5O2. The van der Waals surface area contributed by atoms with Crippen molar-refractivity contribution < 1.29 is 9.18 Å². The largest absolute Gasteiger partial charge is 0.350 e. The van der Waals surface area contributed by atoms with Crippen LogP contribution in [0.5, 0.6) is 0 Å². The van der Waals surface area contributed by atoms with E-state index in [-0.39, 0.29) is 24.8 Å². The summed E-state index contributed by atoms with van der Waals surface area (Å²) in [7, 11) is 0. The Labute approximate surface area is 171 Å². The minimum atomic E-state index is -0.404. The molecule has 8 heteroatoms. The Morgan fingerprint density at radius 2 is 1.87 bits per heavy atom. The lowest BCUT2D eigenvalue weighted by Gasteiger charge is -2.07. The second kappa shape index (κ2) is 7.90. The van der Waals surface area contributed by atoms with E-state index in [9.17, 15) is 14.0 Å². The summed E-state index contributed by atoms with van der Waals surface area (Å²) in [5.41, 5.74) is 4.47. The number of hydrogen-bond donors (Lipinski definition) is 1. The third-order valence-corrected chi connectivity index (χ3v) is 4.86. The fraction of sp³-hybridized carbons (Fsp3) is 0.182. The third-order valence-electron chi connectivity index (χ3n) is 4.86. The second-order valence-corrected chi connectivity index (χ2v) is 7.17.